The molecule has 1 N–H and O–H groups in total. The SMILES string of the molecule is CC(C)CN(CC(=O)O)C(=O)CCc1ccccc1. The van der Waals surface area contributed by atoms with Gasteiger partial charge in [-0.1, -0.05) is 44.2 Å². The van der Waals surface area contributed by atoms with Crippen molar-refractivity contribution in [2.24, 2.45) is 5.92 Å². The van der Waals surface area contributed by atoms with Crippen molar-refractivity contribution in [3.8, 4) is 0 Å². The van der Waals surface area contributed by atoms with E-state index in [1.807, 2.05) is 44.2 Å². The van der Waals surface area contributed by atoms with Gasteiger partial charge in [0.2, 0.25) is 5.91 Å². The molecule has 0 fully saturated rings. The molecule has 0 radical (unpaired) electrons. The molecule has 19 heavy (non-hydrogen) atoms. The summed E-state index contributed by atoms with van der Waals surface area (Å²) in [7, 11) is 0. The van der Waals surface area contributed by atoms with E-state index in [0.29, 0.717) is 19.4 Å². The van der Waals surface area contributed by atoms with Crippen LogP contribution in [-0.4, -0.2) is 35.0 Å². The van der Waals surface area contributed by atoms with Gasteiger partial charge < -0.3 is 10.0 Å². The Balaban J connectivity index is 2.54. The third-order valence-corrected chi connectivity index (χ3v) is 2.73. The minimum atomic E-state index is -0.964. The zero-order valence-corrected chi connectivity index (χ0v) is 11.5. The first-order valence-electron chi connectivity index (χ1n) is 6.52. The van der Waals surface area contributed by atoms with Crippen molar-refractivity contribution in [3.05, 3.63) is 35.9 Å². The average Bonchev–Trinajstić information content (AvgIpc) is 2.35. The van der Waals surface area contributed by atoms with E-state index in [0.717, 1.165) is 5.56 Å². The summed E-state index contributed by atoms with van der Waals surface area (Å²) >= 11 is 0. The fraction of sp³-hybridized carbons (Fsp3) is 0.467. The molecule has 0 saturated carbocycles. The van der Waals surface area contributed by atoms with E-state index in [9.17, 15) is 9.59 Å². The van der Waals surface area contributed by atoms with E-state index in [1.54, 1.807) is 0 Å². The molecule has 1 aromatic rings. The van der Waals surface area contributed by atoms with Gasteiger partial charge in [-0.15, -0.1) is 0 Å². The number of rotatable bonds is 7. The summed E-state index contributed by atoms with van der Waals surface area (Å²) in [4.78, 5) is 24.3. The van der Waals surface area contributed by atoms with E-state index >= 15 is 0 Å². The largest absolute Gasteiger partial charge is 0.480 e. The lowest BCUT2D eigenvalue weighted by atomic mass is 10.1. The highest BCUT2D eigenvalue weighted by Crippen LogP contribution is 2.07. The molecular weight excluding hydrogens is 242 g/mol. The van der Waals surface area contributed by atoms with Crippen molar-refractivity contribution in [3.63, 3.8) is 0 Å². The van der Waals surface area contributed by atoms with Gasteiger partial charge in [0.1, 0.15) is 6.54 Å². The first kappa shape index (κ1) is 15.2. The molecule has 0 bridgehead atoms. The van der Waals surface area contributed by atoms with Crippen LogP contribution in [0.3, 0.4) is 0 Å². The topological polar surface area (TPSA) is 57.6 Å². The maximum Gasteiger partial charge on any atom is 0.323 e. The Morgan fingerprint density at radius 2 is 1.84 bits per heavy atom. The first-order valence-corrected chi connectivity index (χ1v) is 6.52. The lowest BCUT2D eigenvalue weighted by molar-refractivity contribution is -0.144. The van der Waals surface area contributed by atoms with Crippen molar-refractivity contribution >= 4 is 11.9 Å². The van der Waals surface area contributed by atoms with Gasteiger partial charge in [-0.2, -0.15) is 0 Å². The van der Waals surface area contributed by atoms with E-state index in [-0.39, 0.29) is 18.4 Å². The van der Waals surface area contributed by atoms with Crippen molar-refractivity contribution < 1.29 is 14.7 Å². The van der Waals surface area contributed by atoms with Gasteiger partial charge in [-0.3, -0.25) is 9.59 Å². The molecule has 0 atom stereocenters. The maximum atomic E-state index is 12.1. The predicted octanol–water partition coefficient (Wildman–Crippen LogP) is 2.19. The predicted molar refractivity (Wildman–Crippen MR) is 73.8 cm³/mol. The number of hydrogen-bond acceptors (Lipinski definition) is 2. The molecule has 1 amide bonds. The zero-order valence-electron chi connectivity index (χ0n) is 11.5. The van der Waals surface area contributed by atoms with Crippen LogP contribution < -0.4 is 0 Å². The van der Waals surface area contributed by atoms with Gasteiger partial charge >= 0.3 is 5.97 Å². The number of carboxylic acids is 1. The molecule has 0 aliphatic heterocycles. The van der Waals surface area contributed by atoms with Crippen molar-refractivity contribution in [1.29, 1.82) is 0 Å². The number of amides is 1. The summed E-state index contributed by atoms with van der Waals surface area (Å²) < 4.78 is 0. The summed E-state index contributed by atoms with van der Waals surface area (Å²) in [5, 5.41) is 8.84. The van der Waals surface area contributed by atoms with E-state index in [4.69, 9.17) is 5.11 Å². The minimum absolute atomic E-state index is 0.0973. The molecule has 0 aliphatic carbocycles. The number of hydrogen-bond donors (Lipinski definition) is 1. The van der Waals surface area contributed by atoms with Gasteiger partial charge in [0.05, 0.1) is 0 Å². The number of benzene rings is 1. The van der Waals surface area contributed by atoms with Gasteiger partial charge in [-0.05, 0) is 17.9 Å². The molecule has 0 spiro atoms. The highest BCUT2D eigenvalue weighted by Gasteiger charge is 2.17. The van der Waals surface area contributed by atoms with Gasteiger partial charge in [0, 0.05) is 13.0 Å². The van der Waals surface area contributed by atoms with Crippen molar-refractivity contribution in [2.75, 3.05) is 13.1 Å². The number of carbonyl (C=O) groups excluding carboxylic acids is 1. The minimum Gasteiger partial charge on any atom is -0.480 e. The van der Waals surface area contributed by atoms with E-state index in [1.165, 1.54) is 4.90 Å². The standard InChI is InChI=1S/C15H21NO3/c1-12(2)10-16(11-15(18)19)14(17)9-8-13-6-4-3-5-7-13/h3-7,12H,8-11H2,1-2H3,(H,18,19). The Morgan fingerprint density at radius 3 is 2.37 bits per heavy atom. The molecule has 0 heterocycles. The lowest BCUT2D eigenvalue weighted by Crippen LogP contribution is -2.38. The third-order valence-electron chi connectivity index (χ3n) is 2.73. The van der Waals surface area contributed by atoms with Gasteiger partial charge in [-0.25, -0.2) is 0 Å². The van der Waals surface area contributed by atoms with Crippen molar-refractivity contribution in [1.82, 2.24) is 4.90 Å². The second kappa shape index (κ2) is 7.56. The van der Waals surface area contributed by atoms with Gasteiger partial charge in [0.15, 0.2) is 0 Å². The second-order valence-corrected chi connectivity index (χ2v) is 5.05. The number of aliphatic carboxylic acids is 1. The van der Waals surface area contributed by atoms with Gasteiger partial charge in [0.25, 0.3) is 0 Å². The van der Waals surface area contributed by atoms with Crippen LogP contribution in [0.5, 0.6) is 0 Å². The van der Waals surface area contributed by atoms with Crippen LogP contribution in [0.2, 0.25) is 0 Å². The monoisotopic (exact) mass is 263 g/mol. The Kier molecular flexibility index (Phi) is 6.06. The molecule has 104 valence electrons. The Bertz CT molecular complexity index is 415. The zero-order chi connectivity index (χ0) is 14.3. The molecule has 0 aliphatic rings. The molecular formula is C15H21NO3. The third kappa shape index (κ3) is 6.04. The molecule has 4 heteroatoms. The first-order chi connectivity index (χ1) is 8.99. The smallest absolute Gasteiger partial charge is 0.323 e. The normalized spacial score (nSPS) is 10.5. The Labute approximate surface area is 114 Å². The molecule has 0 unspecified atom stereocenters. The maximum absolute atomic E-state index is 12.1. The van der Waals surface area contributed by atoms with Crippen LogP contribution in [-0.2, 0) is 16.0 Å². The van der Waals surface area contributed by atoms with Crippen LogP contribution in [0.4, 0.5) is 0 Å². The second-order valence-electron chi connectivity index (χ2n) is 5.05. The number of carboxylic acid groups (broad SMARTS) is 1. The highest BCUT2D eigenvalue weighted by molar-refractivity contribution is 5.81. The Hall–Kier alpha value is -1.84. The summed E-state index contributed by atoms with van der Waals surface area (Å²) in [6.07, 6.45) is 0.998. The van der Waals surface area contributed by atoms with Crippen LogP contribution in [0.1, 0.15) is 25.8 Å². The number of nitrogens with zero attached hydrogens (tertiary/aromatic N) is 1. The summed E-state index contributed by atoms with van der Waals surface area (Å²) in [5.74, 6) is -0.798. The molecule has 0 saturated heterocycles. The molecule has 4 nitrogen and oxygen atoms in total. The van der Waals surface area contributed by atoms with E-state index < -0.39 is 5.97 Å². The summed E-state index contributed by atoms with van der Waals surface area (Å²) in [6.45, 7) is 4.21. The lowest BCUT2D eigenvalue weighted by Gasteiger charge is -2.22. The van der Waals surface area contributed by atoms with Crippen LogP contribution in [0.25, 0.3) is 0 Å². The number of carbonyl (C=O) groups is 2. The van der Waals surface area contributed by atoms with Crippen molar-refractivity contribution in [2.45, 2.75) is 26.7 Å². The fourth-order valence-corrected chi connectivity index (χ4v) is 1.91. The van der Waals surface area contributed by atoms with E-state index in [2.05, 4.69) is 0 Å². The van der Waals surface area contributed by atoms with Crippen LogP contribution in [0.15, 0.2) is 30.3 Å². The quantitative estimate of drug-likeness (QED) is 0.820. The fourth-order valence-electron chi connectivity index (χ4n) is 1.91. The Morgan fingerprint density at radius 1 is 1.21 bits per heavy atom. The molecule has 1 aromatic carbocycles. The summed E-state index contributed by atoms with van der Waals surface area (Å²) in [5.41, 5.74) is 1.09. The number of aryl methyl sites for hydroxylation is 1. The average molecular weight is 263 g/mol. The molecule has 1 rings (SSSR count). The van der Waals surface area contributed by atoms with Crippen LogP contribution >= 0.6 is 0 Å². The highest BCUT2D eigenvalue weighted by atomic mass is 16.4. The van der Waals surface area contributed by atoms with Crippen LogP contribution in [0, 0.1) is 5.92 Å². The molecule has 0 aromatic heterocycles. The summed E-state index contributed by atoms with van der Waals surface area (Å²) in [6, 6.07) is 9.74.